The quantitative estimate of drug-likeness (QED) is 0.171. The number of benzene rings is 1. The molecule has 0 aliphatic rings. The molecule has 0 aromatic heterocycles. The normalized spacial score (nSPS) is 11.0. The maximum absolute atomic E-state index is 9.69. The molecule has 0 spiro atoms. The van der Waals surface area contributed by atoms with E-state index in [-0.39, 0.29) is 5.75 Å². The number of hydrogen-bond donors (Lipinski definition) is 3. The summed E-state index contributed by atoms with van der Waals surface area (Å²) >= 11 is 11.1. The van der Waals surface area contributed by atoms with Crippen LogP contribution in [0.25, 0.3) is 0 Å². The molecule has 0 fully saturated rings. The van der Waals surface area contributed by atoms with Crippen molar-refractivity contribution in [1.82, 2.24) is 10.7 Å². The zero-order chi connectivity index (χ0) is 19.0. The second-order valence-electron chi connectivity index (χ2n) is 6.51. The van der Waals surface area contributed by atoms with Crippen LogP contribution in [0.5, 0.6) is 5.75 Å². The molecule has 146 valence electrons. The zero-order valence-corrected chi connectivity index (χ0v) is 17.3. The van der Waals surface area contributed by atoms with Gasteiger partial charge in [0.05, 0.1) is 6.21 Å². The highest BCUT2D eigenvalue weighted by Gasteiger charge is 1.99. The Kier molecular flexibility index (Phi) is 12.9. The molecule has 0 unspecified atom stereocenters. The molecule has 1 aromatic carbocycles. The average molecular weight is 398 g/mol. The SMILES string of the molecule is CCCCCCCCCCCCNC(=S)N/N=C/c1cc(Cl)ccc1O. The van der Waals surface area contributed by atoms with Gasteiger partial charge >= 0.3 is 0 Å². The van der Waals surface area contributed by atoms with E-state index in [1.807, 2.05) is 0 Å². The predicted molar refractivity (Wildman–Crippen MR) is 116 cm³/mol. The van der Waals surface area contributed by atoms with Gasteiger partial charge in [0.15, 0.2) is 5.11 Å². The van der Waals surface area contributed by atoms with Crippen molar-refractivity contribution in [3.8, 4) is 5.75 Å². The van der Waals surface area contributed by atoms with Crippen molar-refractivity contribution in [2.24, 2.45) is 5.10 Å². The van der Waals surface area contributed by atoms with Crippen molar-refractivity contribution in [2.75, 3.05) is 6.54 Å². The lowest BCUT2D eigenvalue weighted by Crippen LogP contribution is -2.32. The van der Waals surface area contributed by atoms with Crippen LogP contribution in [0.1, 0.15) is 76.7 Å². The maximum Gasteiger partial charge on any atom is 0.186 e. The van der Waals surface area contributed by atoms with Crippen LogP contribution in [0.4, 0.5) is 0 Å². The fraction of sp³-hybridized carbons (Fsp3) is 0.600. The fourth-order valence-corrected chi connectivity index (χ4v) is 2.98. The van der Waals surface area contributed by atoms with Crippen LogP contribution in [-0.4, -0.2) is 23.0 Å². The summed E-state index contributed by atoms with van der Waals surface area (Å²) < 4.78 is 0. The summed E-state index contributed by atoms with van der Waals surface area (Å²) in [4.78, 5) is 0. The van der Waals surface area contributed by atoms with E-state index in [2.05, 4.69) is 22.8 Å². The zero-order valence-electron chi connectivity index (χ0n) is 15.8. The van der Waals surface area contributed by atoms with Gasteiger partial charge in [0.25, 0.3) is 0 Å². The summed E-state index contributed by atoms with van der Waals surface area (Å²) in [5.74, 6) is 0.129. The van der Waals surface area contributed by atoms with Crippen LogP contribution in [0.15, 0.2) is 23.3 Å². The summed E-state index contributed by atoms with van der Waals surface area (Å²) in [5, 5.41) is 17.9. The first kappa shape index (κ1) is 22.7. The van der Waals surface area contributed by atoms with Gasteiger partial charge in [-0.1, -0.05) is 76.3 Å². The van der Waals surface area contributed by atoms with Crippen molar-refractivity contribution in [1.29, 1.82) is 0 Å². The number of rotatable bonds is 13. The summed E-state index contributed by atoms with van der Waals surface area (Å²) in [6.07, 6.45) is 14.7. The summed E-state index contributed by atoms with van der Waals surface area (Å²) in [6.45, 7) is 3.10. The predicted octanol–water partition coefficient (Wildman–Crippen LogP) is 5.76. The van der Waals surface area contributed by atoms with E-state index >= 15 is 0 Å². The van der Waals surface area contributed by atoms with E-state index in [0.29, 0.717) is 15.7 Å². The lowest BCUT2D eigenvalue weighted by atomic mass is 10.1. The molecule has 3 N–H and O–H groups in total. The summed E-state index contributed by atoms with van der Waals surface area (Å²) in [6, 6.07) is 4.80. The monoisotopic (exact) mass is 397 g/mol. The van der Waals surface area contributed by atoms with Gasteiger partial charge in [-0.3, -0.25) is 5.43 Å². The summed E-state index contributed by atoms with van der Waals surface area (Å²) in [7, 11) is 0. The summed E-state index contributed by atoms with van der Waals surface area (Å²) in [5.41, 5.74) is 3.29. The smallest absolute Gasteiger partial charge is 0.186 e. The van der Waals surface area contributed by atoms with Gasteiger partial charge in [0.2, 0.25) is 0 Å². The molecule has 0 atom stereocenters. The minimum Gasteiger partial charge on any atom is -0.507 e. The molecular formula is C20H32ClN3OS. The lowest BCUT2D eigenvalue weighted by Gasteiger charge is -2.07. The van der Waals surface area contributed by atoms with Crippen molar-refractivity contribution in [3.63, 3.8) is 0 Å². The number of thiocarbonyl (C=S) groups is 1. The van der Waals surface area contributed by atoms with E-state index in [9.17, 15) is 5.11 Å². The van der Waals surface area contributed by atoms with Crippen molar-refractivity contribution in [3.05, 3.63) is 28.8 Å². The number of unbranched alkanes of at least 4 members (excludes halogenated alkanes) is 9. The molecule has 0 bridgehead atoms. The highest BCUT2D eigenvalue weighted by atomic mass is 35.5. The largest absolute Gasteiger partial charge is 0.507 e. The third kappa shape index (κ3) is 11.3. The molecule has 0 saturated carbocycles. The number of nitrogens with one attached hydrogen (secondary N) is 2. The van der Waals surface area contributed by atoms with Gasteiger partial charge in [-0.15, -0.1) is 0 Å². The molecule has 26 heavy (non-hydrogen) atoms. The average Bonchev–Trinajstić information content (AvgIpc) is 2.62. The second kappa shape index (κ2) is 14.8. The molecule has 0 heterocycles. The molecule has 4 nitrogen and oxygen atoms in total. The van der Waals surface area contributed by atoms with E-state index < -0.39 is 0 Å². The number of hydrogen-bond acceptors (Lipinski definition) is 3. The van der Waals surface area contributed by atoms with Crippen molar-refractivity contribution in [2.45, 2.75) is 71.1 Å². The highest BCUT2D eigenvalue weighted by Crippen LogP contribution is 2.19. The second-order valence-corrected chi connectivity index (χ2v) is 7.36. The molecule has 1 aromatic rings. The van der Waals surface area contributed by atoms with Gasteiger partial charge in [-0.05, 0) is 36.8 Å². The molecular weight excluding hydrogens is 366 g/mol. The number of aromatic hydroxyl groups is 1. The maximum atomic E-state index is 9.69. The van der Waals surface area contributed by atoms with Crippen LogP contribution < -0.4 is 10.7 Å². The first-order chi connectivity index (χ1) is 12.6. The number of phenols is 1. The molecule has 1 rings (SSSR count). The van der Waals surface area contributed by atoms with Crippen LogP contribution in [0, 0.1) is 0 Å². The molecule has 0 saturated heterocycles. The van der Waals surface area contributed by atoms with Crippen molar-refractivity contribution >= 4 is 35.1 Å². The molecule has 0 amide bonds. The van der Waals surface area contributed by atoms with E-state index in [0.717, 1.165) is 13.0 Å². The Labute approximate surface area is 168 Å². The molecule has 0 aliphatic heterocycles. The van der Waals surface area contributed by atoms with E-state index in [1.54, 1.807) is 12.1 Å². The van der Waals surface area contributed by atoms with Gasteiger partial charge < -0.3 is 10.4 Å². The Balaban J connectivity index is 2.00. The Hall–Kier alpha value is -1.33. The lowest BCUT2D eigenvalue weighted by molar-refractivity contribution is 0.474. The minimum absolute atomic E-state index is 0.129. The standard InChI is InChI=1S/C20H32ClN3OS/c1-2-3-4-5-6-7-8-9-10-11-14-22-20(26)24-23-16-17-15-18(21)12-13-19(17)25/h12-13,15-16,25H,2-11,14H2,1H3,(H2,22,24,26)/b23-16+. The van der Waals surface area contributed by atoms with Crippen molar-refractivity contribution < 1.29 is 5.11 Å². The van der Waals surface area contributed by atoms with Gasteiger partial charge in [0, 0.05) is 17.1 Å². The molecule has 6 heteroatoms. The van der Waals surface area contributed by atoms with Gasteiger partial charge in [-0.25, -0.2) is 0 Å². The van der Waals surface area contributed by atoms with E-state index in [4.69, 9.17) is 23.8 Å². The highest BCUT2D eigenvalue weighted by molar-refractivity contribution is 7.80. The Morgan fingerprint density at radius 1 is 1.08 bits per heavy atom. The minimum atomic E-state index is 0.129. The van der Waals surface area contributed by atoms with Crippen LogP contribution >= 0.6 is 23.8 Å². The first-order valence-corrected chi connectivity index (χ1v) is 10.5. The Morgan fingerprint density at radius 2 is 1.69 bits per heavy atom. The van der Waals surface area contributed by atoms with Gasteiger partial charge in [-0.2, -0.15) is 5.10 Å². The third-order valence-electron chi connectivity index (χ3n) is 4.18. The van der Waals surface area contributed by atoms with Gasteiger partial charge in [0.1, 0.15) is 5.75 Å². The molecule has 0 aliphatic carbocycles. The van der Waals surface area contributed by atoms with Crippen LogP contribution in [0.3, 0.4) is 0 Å². The van der Waals surface area contributed by atoms with Crippen LogP contribution in [0.2, 0.25) is 5.02 Å². The van der Waals surface area contributed by atoms with E-state index in [1.165, 1.54) is 70.1 Å². The Bertz CT molecular complexity index is 552. The number of phenolic OH excluding ortho intramolecular Hbond substituents is 1. The number of nitrogens with zero attached hydrogens (tertiary/aromatic N) is 1. The van der Waals surface area contributed by atoms with Crippen LogP contribution in [-0.2, 0) is 0 Å². The fourth-order valence-electron chi connectivity index (χ4n) is 2.64. The third-order valence-corrected chi connectivity index (χ3v) is 4.65. The molecule has 0 radical (unpaired) electrons. The Morgan fingerprint density at radius 3 is 2.35 bits per heavy atom. The number of halogens is 1. The topological polar surface area (TPSA) is 56.7 Å². The first-order valence-electron chi connectivity index (χ1n) is 9.69. The number of hydrazone groups is 1.